The maximum atomic E-state index is 11.8. The monoisotopic (exact) mass is 304 g/mol. The molecule has 0 unspecified atom stereocenters. The fourth-order valence-corrected chi connectivity index (χ4v) is 2.13. The van der Waals surface area contributed by atoms with Crippen molar-refractivity contribution in [2.24, 2.45) is 0 Å². The predicted molar refractivity (Wildman–Crippen MR) is 84.5 cm³/mol. The number of halogens is 1. The molecule has 2 aromatic carbocycles. The molecule has 5 heteroatoms. The molecular weight excluding hydrogens is 288 g/mol. The molecule has 0 saturated heterocycles. The third-order valence-electron chi connectivity index (χ3n) is 3.14. The van der Waals surface area contributed by atoms with Gasteiger partial charge in [-0.2, -0.15) is 0 Å². The molecule has 21 heavy (non-hydrogen) atoms. The van der Waals surface area contributed by atoms with E-state index < -0.39 is 0 Å². The summed E-state index contributed by atoms with van der Waals surface area (Å²) in [4.78, 5) is 11.8. The summed E-state index contributed by atoms with van der Waals surface area (Å²) in [5.41, 5.74) is 3.17. The zero-order valence-electron chi connectivity index (χ0n) is 11.7. The minimum absolute atomic E-state index is 0.0334. The third kappa shape index (κ3) is 3.97. The Balaban J connectivity index is 2.13. The Morgan fingerprint density at radius 3 is 2.43 bits per heavy atom. The summed E-state index contributed by atoms with van der Waals surface area (Å²) in [6.07, 6.45) is 0. The lowest BCUT2D eigenvalue weighted by Crippen LogP contribution is -2.19. The van der Waals surface area contributed by atoms with Gasteiger partial charge in [0, 0.05) is 24.3 Å². The average molecular weight is 305 g/mol. The smallest absolute Gasteiger partial charge is 0.253 e. The van der Waals surface area contributed by atoms with E-state index in [1.165, 1.54) is 0 Å². The summed E-state index contributed by atoms with van der Waals surface area (Å²) in [6.45, 7) is 0.614. The molecule has 4 nitrogen and oxygen atoms in total. The van der Waals surface area contributed by atoms with Crippen molar-refractivity contribution in [1.82, 2.24) is 5.32 Å². The van der Waals surface area contributed by atoms with E-state index in [0.29, 0.717) is 17.1 Å². The van der Waals surface area contributed by atoms with Crippen LogP contribution in [0.3, 0.4) is 0 Å². The van der Waals surface area contributed by atoms with Crippen molar-refractivity contribution in [3.63, 3.8) is 0 Å². The third-order valence-corrected chi connectivity index (χ3v) is 3.38. The summed E-state index contributed by atoms with van der Waals surface area (Å²) in [6, 6.07) is 12.8. The number of rotatable bonds is 5. The second kappa shape index (κ2) is 7.11. The van der Waals surface area contributed by atoms with Gasteiger partial charge in [0.05, 0.1) is 12.2 Å². The zero-order valence-corrected chi connectivity index (χ0v) is 12.4. The Bertz CT molecular complexity index is 627. The highest BCUT2D eigenvalue weighted by Crippen LogP contribution is 2.21. The van der Waals surface area contributed by atoms with Gasteiger partial charge < -0.3 is 15.7 Å². The SMILES string of the molecule is CNC(=O)c1cc(Cl)ccc1NCc1ccc(CO)cc1. The molecule has 1 amide bonds. The maximum absolute atomic E-state index is 11.8. The first-order valence-corrected chi connectivity index (χ1v) is 6.96. The molecule has 0 spiro atoms. The number of benzene rings is 2. The molecule has 0 radical (unpaired) electrons. The van der Waals surface area contributed by atoms with Crippen LogP contribution < -0.4 is 10.6 Å². The lowest BCUT2D eigenvalue weighted by atomic mass is 10.1. The van der Waals surface area contributed by atoms with Gasteiger partial charge in [0.15, 0.2) is 0 Å². The number of carbonyl (C=O) groups excluding carboxylic acids is 1. The van der Waals surface area contributed by atoms with Gasteiger partial charge in [-0.3, -0.25) is 4.79 Å². The predicted octanol–water partition coefficient (Wildman–Crippen LogP) is 2.80. The number of anilines is 1. The molecule has 0 aliphatic rings. The van der Waals surface area contributed by atoms with E-state index in [4.69, 9.17) is 16.7 Å². The molecule has 0 heterocycles. The summed E-state index contributed by atoms with van der Waals surface area (Å²) >= 11 is 5.94. The van der Waals surface area contributed by atoms with Crippen molar-refractivity contribution >= 4 is 23.2 Å². The van der Waals surface area contributed by atoms with Gasteiger partial charge in [-0.05, 0) is 29.3 Å². The van der Waals surface area contributed by atoms with Crippen LogP contribution in [0.5, 0.6) is 0 Å². The van der Waals surface area contributed by atoms with E-state index in [2.05, 4.69) is 10.6 Å². The largest absolute Gasteiger partial charge is 0.392 e. The van der Waals surface area contributed by atoms with Crippen molar-refractivity contribution in [2.75, 3.05) is 12.4 Å². The van der Waals surface area contributed by atoms with Gasteiger partial charge in [-0.25, -0.2) is 0 Å². The Morgan fingerprint density at radius 1 is 1.14 bits per heavy atom. The van der Waals surface area contributed by atoms with E-state index in [1.807, 2.05) is 24.3 Å². The fraction of sp³-hybridized carbons (Fsp3) is 0.188. The second-order valence-electron chi connectivity index (χ2n) is 4.60. The van der Waals surface area contributed by atoms with E-state index in [1.54, 1.807) is 25.2 Å². The zero-order chi connectivity index (χ0) is 15.2. The molecule has 0 aromatic heterocycles. The van der Waals surface area contributed by atoms with Crippen LogP contribution in [-0.2, 0) is 13.2 Å². The van der Waals surface area contributed by atoms with Gasteiger partial charge in [0.1, 0.15) is 0 Å². The van der Waals surface area contributed by atoms with Gasteiger partial charge >= 0.3 is 0 Å². The fourth-order valence-electron chi connectivity index (χ4n) is 1.95. The molecule has 3 N–H and O–H groups in total. The number of aliphatic hydroxyl groups is 1. The number of carbonyl (C=O) groups is 1. The van der Waals surface area contributed by atoms with Crippen LogP contribution in [-0.4, -0.2) is 18.1 Å². The highest BCUT2D eigenvalue weighted by Gasteiger charge is 2.10. The van der Waals surface area contributed by atoms with Crippen molar-refractivity contribution in [1.29, 1.82) is 0 Å². The first-order valence-electron chi connectivity index (χ1n) is 6.58. The van der Waals surface area contributed by atoms with Crippen molar-refractivity contribution < 1.29 is 9.90 Å². The van der Waals surface area contributed by atoms with Crippen molar-refractivity contribution in [2.45, 2.75) is 13.2 Å². The first-order chi connectivity index (χ1) is 10.1. The summed E-state index contributed by atoms with van der Waals surface area (Å²) in [5.74, 6) is -0.185. The van der Waals surface area contributed by atoms with Crippen LogP contribution in [0.15, 0.2) is 42.5 Å². The lowest BCUT2D eigenvalue weighted by molar-refractivity contribution is 0.0964. The average Bonchev–Trinajstić information content (AvgIpc) is 2.53. The van der Waals surface area contributed by atoms with Gasteiger partial charge in [0.25, 0.3) is 5.91 Å². The Labute approximate surface area is 128 Å². The minimum Gasteiger partial charge on any atom is -0.392 e. The molecule has 0 bridgehead atoms. The highest BCUT2D eigenvalue weighted by molar-refractivity contribution is 6.31. The van der Waals surface area contributed by atoms with E-state index in [9.17, 15) is 4.79 Å². The van der Waals surface area contributed by atoms with Crippen LogP contribution in [0, 0.1) is 0 Å². The van der Waals surface area contributed by atoms with E-state index in [-0.39, 0.29) is 12.5 Å². The normalized spacial score (nSPS) is 10.2. The van der Waals surface area contributed by atoms with Gasteiger partial charge in [-0.1, -0.05) is 35.9 Å². The summed E-state index contributed by atoms with van der Waals surface area (Å²) in [5, 5.41) is 15.4. The topological polar surface area (TPSA) is 61.4 Å². The molecule has 110 valence electrons. The van der Waals surface area contributed by atoms with Crippen molar-refractivity contribution in [3.05, 3.63) is 64.2 Å². The van der Waals surface area contributed by atoms with Crippen LogP contribution >= 0.6 is 11.6 Å². The molecule has 0 saturated carbocycles. The minimum atomic E-state index is -0.185. The Morgan fingerprint density at radius 2 is 1.81 bits per heavy atom. The molecular formula is C16H17ClN2O2. The Hall–Kier alpha value is -2.04. The highest BCUT2D eigenvalue weighted by atomic mass is 35.5. The van der Waals surface area contributed by atoms with Gasteiger partial charge in [0.2, 0.25) is 0 Å². The molecule has 0 atom stereocenters. The quantitative estimate of drug-likeness (QED) is 0.796. The summed E-state index contributed by atoms with van der Waals surface area (Å²) < 4.78 is 0. The van der Waals surface area contributed by atoms with E-state index in [0.717, 1.165) is 16.8 Å². The number of aliphatic hydroxyl groups excluding tert-OH is 1. The molecule has 0 fully saturated rings. The number of hydrogen-bond donors (Lipinski definition) is 3. The van der Waals surface area contributed by atoms with Crippen LogP contribution in [0.2, 0.25) is 5.02 Å². The van der Waals surface area contributed by atoms with Crippen LogP contribution in [0.4, 0.5) is 5.69 Å². The number of hydrogen-bond acceptors (Lipinski definition) is 3. The van der Waals surface area contributed by atoms with E-state index >= 15 is 0 Å². The standard InChI is InChI=1S/C16H17ClN2O2/c1-18-16(21)14-8-13(17)6-7-15(14)19-9-11-2-4-12(10-20)5-3-11/h2-8,19-20H,9-10H2,1H3,(H,18,21). The van der Waals surface area contributed by atoms with Crippen LogP contribution in [0.25, 0.3) is 0 Å². The Kier molecular flexibility index (Phi) is 5.20. The lowest BCUT2D eigenvalue weighted by Gasteiger charge is -2.12. The first kappa shape index (κ1) is 15.4. The van der Waals surface area contributed by atoms with Gasteiger partial charge in [-0.15, -0.1) is 0 Å². The second-order valence-corrected chi connectivity index (χ2v) is 5.03. The van der Waals surface area contributed by atoms with Crippen molar-refractivity contribution in [3.8, 4) is 0 Å². The number of amides is 1. The summed E-state index contributed by atoms with van der Waals surface area (Å²) in [7, 11) is 1.58. The maximum Gasteiger partial charge on any atom is 0.253 e. The van der Waals surface area contributed by atoms with Crippen LogP contribution in [0.1, 0.15) is 21.5 Å². The molecule has 2 aromatic rings. The number of nitrogens with one attached hydrogen (secondary N) is 2. The molecule has 0 aliphatic heterocycles. The molecule has 0 aliphatic carbocycles. The molecule has 2 rings (SSSR count).